The van der Waals surface area contributed by atoms with Crippen LogP contribution < -0.4 is 19.7 Å². The summed E-state index contributed by atoms with van der Waals surface area (Å²) in [7, 11) is 0. The minimum atomic E-state index is -4.52. The van der Waals surface area contributed by atoms with E-state index in [9.17, 15) is 18.0 Å². The number of benzene rings is 4. The lowest BCUT2D eigenvalue weighted by Gasteiger charge is -2.34. The summed E-state index contributed by atoms with van der Waals surface area (Å²) in [5, 5.41) is 4.65. The highest BCUT2D eigenvalue weighted by molar-refractivity contribution is 8.00. The Balaban J connectivity index is 1.05. The molecule has 1 fully saturated rings. The lowest BCUT2D eigenvalue weighted by molar-refractivity contribution is -0.137. The van der Waals surface area contributed by atoms with Crippen molar-refractivity contribution in [1.82, 2.24) is 14.7 Å². The molecule has 1 saturated heterocycles. The number of nitrogens with one attached hydrogen (secondary N) is 3. The van der Waals surface area contributed by atoms with Crippen LogP contribution in [-0.2, 0) is 15.9 Å². The molecule has 7 rings (SSSR count). The van der Waals surface area contributed by atoms with E-state index in [2.05, 4.69) is 61.3 Å². The van der Waals surface area contributed by atoms with Crippen LogP contribution in [0.2, 0.25) is 5.02 Å². The Bertz CT molecular complexity index is 2390. The highest BCUT2D eigenvalue weighted by atomic mass is 35.5. The van der Waals surface area contributed by atoms with Crippen molar-refractivity contribution in [3.05, 3.63) is 126 Å². The van der Waals surface area contributed by atoms with Gasteiger partial charge in [-0.05, 0) is 134 Å². The van der Waals surface area contributed by atoms with Crippen LogP contribution in [0.5, 0.6) is 11.5 Å². The number of rotatable bonds is 18. The molecule has 61 heavy (non-hydrogen) atoms. The SMILES string of the molecule is CCOC(CCNc1ccc(SNC(=O)c2ccc(N3CCC(Cc4ccccc4-c4ccc(Cl)cc4)CC3)cc2Oc2cnc3[nH]ccc3c2)cc1SC(F)(F)F)OCC. The Morgan fingerprint density at radius 1 is 0.967 bits per heavy atom. The number of anilines is 2. The lowest BCUT2D eigenvalue weighted by Crippen LogP contribution is -2.34. The van der Waals surface area contributed by atoms with E-state index in [1.54, 1.807) is 30.6 Å². The van der Waals surface area contributed by atoms with Gasteiger partial charge in [0.15, 0.2) is 6.29 Å². The molecule has 1 aliphatic rings. The summed E-state index contributed by atoms with van der Waals surface area (Å²) in [5.74, 6) is 0.812. The number of carbonyl (C=O) groups is 1. The highest BCUT2D eigenvalue weighted by Gasteiger charge is 2.31. The fraction of sp³-hybridized carbons (Fsp3) is 0.304. The number of aromatic amines is 1. The van der Waals surface area contributed by atoms with E-state index in [-0.39, 0.29) is 22.2 Å². The lowest BCUT2D eigenvalue weighted by atomic mass is 9.87. The fourth-order valence-electron chi connectivity index (χ4n) is 7.39. The number of ether oxygens (including phenoxy) is 3. The van der Waals surface area contributed by atoms with Gasteiger partial charge in [0, 0.05) is 83.1 Å². The number of nitrogens with zero attached hydrogens (tertiary/aromatic N) is 2. The van der Waals surface area contributed by atoms with Crippen molar-refractivity contribution >= 4 is 63.6 Å². The second-order valence-electron chi connectivity index (χ2n) is 14.5. The molecule has 0 radical (unpaired) electrons. The quantitative estimate of drug-likeness (QED) is 0.0442. The molecule has 2 aromatic heterocycles. The summed E-state index contributed by atoms with van der Waals surface area (Å²) in [4.78, 5) is 24.1. The molecule has 6 aromatic rings. The first kappa shape index (κ1) is 44.2. The van der Waals surface area contributed by atoms with E-state index in [1.165, 1.54) is 17.2 Å². The number of piperidine rings is 1. The van der Waals surface area contributed by atoms with Gasteiger partial charge in [-0.1, -0.05) is 48.0 Å². The number of aromatic nitrogens is 2. The Kier molecular flexibility index (Phi) is 15.1. The third kappa shape index (κ3) is 12.2. The summed E-state index contributed by atoms with van der Waals surface area (Å²) >= 11 is 6.88. The van der Waals surface area contributed by atoms with Gasteiger partial charge in [-0.3, -0.25) is 9.52 Å². The first-order valence-electron chi connectivity index (χ1n) is 20.2. The van der Waals surface area contributed by atoms with Gasteiger partial charge >= 0.3 is 5.51 Å². The van der Waals surface area contributed by atoms with Crippen LogP contribution in [0, 0.1) is 5.92 Å². The number of fused-ring (bicyclic) bond motifs is 1. The molecule has 0 unspecified atom stereocenters. The van der Waals surface area contributed by atoms with Gasteiger partial charge in [-0.15, -0.1) is 0 Å². The van der Waals surface area contributed by atoms with E-state index in [0.717, 1.165) is 60.9 Å². The average Bonchev–Trinajstić information content (AvgIpc) is 3.72. The average molecular weight is 890 g/mol. The first-order valence-corrected chi connectivity index (χ1v) is 22.2. The van der Waals surface area contributed by atoms with Crippen molar-refractivity contribution in [2.24, 2.45) is 5.92 Å². The molecule has 3 N–H and O–H groups in total. The Labute approximate surface area is 367 Å². The Hall–Kier alpha value is -4.86. The summed E-state index contributed by atoms with van der Waals surface area (Å²) in [5.41, 5.74) is 1.36. The normalized spacial score (nSPS) is 13.5. The zero-order valence-corrected chi connectivity index (χ0v) is 36.2. The molecular weight excluding hydrogens is 843 g/mol. The van der Waals surface area contributed by atoms with E-state index >= 15 is 0 Å². The molecule has 0 aliphatic carbocycles. The molecule has 320 valence electrons. The summed E-state index contributed by atoms with van der Waals surface area (Å²) in [6.45, 7) is 6.61. The van der Waals surface area contributed by atoms with Crippen molar-refractivity contribution in [3.63, 3.8) is 0 Å². The number of amides is 1. The van der Waals surface area contributed by atoms with Crippen molar-refractivity contribution in [1.29, 1.82) is 0 Å². The van der Waals surface area contributed by atoms with E-state index in [4.69, 9.17) is 25.8 Å². The second kappa shape index (κ2) is 20.8. The van der Waals surface area contributed by atoms with E-state index in [0.29, 0.717) is 64.8 Å². The fourth-order valence-corrected chi connectivity index (χ4v) is 8.91. The molecule has 3 heterocycles. The summed E-state index contributed by atoms with van der Waals surface area (Å²) in [6, 6.07) is 30.4. The van der Waals surface area contributed by atoms with Gasteiger partial charge in [0.25, 0.3) is 5.91 Å². The number of thioether (sulfide) groups is 1. The summed E-state index contributed by atoms with van der Waals surface area (Å²) in [6.07, 6.45) is 6.31. The van der Waals surface area contributed by atoms with Crippen LogP contribution in [0.25, 0.3) is 22.2 Å². The van der Waals surface area contributed by atoms with Crippen LogP contribution in [0.15, 0.2) is 119 Å². The van der Waals surface area contributed by atoms with E-state index < -0.39 is 17.7 Å². The monoisotopic (exact) mass is 889 g/mol. The molecule has 1 aliphatic heterocycles. The second-order valence-corrected chi connectivity index (χ2v) is 16.9. The summed E-state index contributed by atoms with van der Waals surface area (Å²) < 4.78 is 61.4. The van der Waals surface area contributed by atoms with Gasteiger partial charge in [-0.2, -0.15) is 13.2 Å². The van der Waals surface area contributed by atoms with Gasteiger partial charge in [0.05, 0.1) is 11.8 Å². The van der Waals surface area contributed by atoms with Crippen LogP contribution in [0.1, 0.15) is 49.0 Å². The molecule has 15 heteroatoms. The molecule has 0 atom stereocenters. The molecule has 4 aromatic carbocycles. The van der Waals surface area contributed by atoms with Crippen molar-refractivity contribution in [2.45, 2.75) is 61.1 Å². The maximum atomic E-state index is 13.9. The van der Waals surface area contributed by atoms with Gasteiger partial charge in [0.2, 0.25) is 0 Å². The maximum absolute atomic E-state index is 13.9. The standard InChI is InChI=1S/C46H47ClF3N5O4S2/c1-3-57-43(58-4-2)18-22-51-40-16-14-37(28-42(40)60-46(48,49)50)61-54-45(56)39-15-13-35(27-41(39)59-36-26-33-17-21-52-44(33)53-29-36)55-23-19-30(20-24-55)25-32-7-5-6-8-38(32)31-9-11-34(47)12-10-31/h5-17,21,26-30,43,51H,3-4,18-20,22-25H2,1-2H3,(H,52,53)(H,54,56). The van der Waals surface area contributed by atoms with Crippen molar-refractivity contribution < 1.29 is 32.2 Å². The highest BCUT2D eigenvalue weighted by Crippen LogP contribution is 2.42. The van der Waals surface area contributed by atoms with Crippen LogP contribution in [0.3, 0.4) is 0 Å². The van der Waals surface area contributed by atoms with Gasteiger partial charge < -0.3 is 29.4 Å². The predicted molar refractivity (Wildman–Crippen MR) is 240 cm³/mol. The minimum absolute atomic E-state index is 0.0216. The topological polar surface area (TPSA) is 101 Å². The third-order valence-corrected chi connectivity index (χ3v) is 12.1. The number of halogens is 4. The molecule has 0 spiro atoms. The van der Waals surface area contributed by atoms with Crippen molar-refractivity contribution in [3.8, 4) is 22.6 Å². The largest absolute Gasteiger partial charge is 0.455 e. The van der Waals surface area contributed by atoms with Crippen LogP contribution in [0.4, 0.5) is 24.5 Å². The van der Waals surface area contributed by atoms with Gasteiger partial charge in [-0.25, -0.2) is 4.98 Å². The first-order chi connectivity index (χ1) is 29.5. The molecular formula is C46H47ClF3N5O4S2. The number of H-pyrrole nitrogens is 1. The molecule has 0 saturated carbocycles. The van der Waals surface area contributed by atoms with Crippen LogP contribution >= 0.6 is 35.3 Å². The third-order valence-electron chi connectivity index (χ3n) is 10.3. The molecule has 0 bridgehead atoms. The number of carbonyl (C=O) groups excluding carboxylic acids is 1. The number of hydrogen-bond donors (Lipinski definition) is 3. The van der Waals surface area contributed by atoms with Crippen molar-refractivity contribution in [2.75, 3.05) is 43.1 Å². The van der Waals surface area contributed by atoms with Crippen LogP contribution in [-0.4, -0.2) is 60.5 Å². The Morgan fingerprint density at radius 3 is 2.49 bits per heavy atom. The molecule has 9 nitrogen and oxygen atoms in total. The molecule has 1 amide bonds. The number of hydrogen-bond acceptors (Lipinski definition) is 9. The zero-order chi connectivity index (χ0) is 42.8. The maximum Gasteiger partial charge on any atom is 0.446 e. The Morgan fingerprint density at radius 2 is 1.74 bits per heavy atom. The van der Waals surface area contributed by atoms with Gasteiger partial charge in [0.1, 0.15) is 17.1 Å². The minimum Gasteiger partial charge on any atom is -0.455 e. The smallest absolute Gasteiger partial charge is 0.446 e. The zero-order valence-electron chi connectivity index (χ0n) is 33.8. The number of pyridine rings is 1. The number of alkyl halides is 3. The predicted octanol–water partition coefficient (Wildman–Crippen LogP) is 12.4. The van der Waals surface area contributed by atoms with E-state index in [1.807, 2.05) is 50.2 Å².